The van der Waals surface area contributed by atoms with Crippen molar-refractivity contribution in [3.63, 3.8) is 0 Å². The highest BCUT2D eigenvalue weighted by Crippen LogP contribution is 2.39. The lowest BCUT2D eigenvalue weighted by Gasteiger charge is -2.14. The lowest BCUT2D eigenvalue weighted by molar-refractivity contribution is -0.385. The molecule has 0 atom stereocenters. The summed E-state index contributed by atoms with van der Waals surface area (Å²) in [5.74, 6) is -0.727. The summed E-state index contributed by atoms with van der Waals surface area (Å²) in [4.78, 5) is 35.7. The summed E-state index contributed by atoms with van der Waals surface area (Å²) >= 11 is 3.30. The minimum absolute atomic E-state index is 0.0523. The van der Waals surface area contributed by atoms with Crippen LogP contribution in [-0.4, -0.2) is 23.5 Å². The third-order valence-electron chi connectivity index (χ3n) is 3.99. The second-order valence-corrected chi connectivity index (χ2v) is 6.55. The van der Waals surface area contributed by atoms with Crippen molar-refractivity contribution in [2.24, 2.45) is 0 Å². The molecule has 1 fully saturated rings. The molecule has 0 saturated carbocycles. The number of hydrogen-bond acceptors (Lipinski definition) is 6. The van der Waals surface area contributed by atoms with Crippen LogP contribution in [0.5, 0.6) is 11.5 Å². The number of nitro groups is 1. The van der Waals surface area contributed by atoms with Crippen molar-refractivity contribution >= 4 is 45.2 Å². The molecule has 4 rings (SSSR count). The van der Waals surface area contributed by atoms with Crippen LogP contribution in [0.4, 0.5) is 11.4 Å². The van der Waals surface area contributed by atoms with Gasteiger partial charge in [0.1, 0.15) is 5.57 Å². The quantitative estimate of drug-likeness (QED) is 0.346. The van der Waals surface area contributed by atoms with Gasteiger partial charge in [-0.3, -0.25) is 25.1 Å². The zero-order valence-electron chi connectivity index (χ0n) is 13.5. The average Bonchev–Trinajstić information content (AvgIpc) is 3.20. The number of hydrogen-bond donors (Lipinski definition) is 1. The second-order valence-electron chi connectivity index (χ2n) is 5.64. The molecule has 136 valence electrons. The second kappa shape index (κ2) is 6.40. The number of rotatable bonds is 3. The van der Waals surface area contributed by atoms with Crippen LogP contribution < -0.4 is 19.9 Å². The van der Waals surface area contributed by atoms with Gasteiger partial charge in [-0.25, -0.2) is 5.01 Å². The first kappa shape index (κ1) is 17.0. The lowest BCUT2D eigenvalue weighted by atomic mass is 10.1. The molecule has 2 aliphatic heterocycles. The van der Waals surface area contributed by atoms with Gasteiger partial charge in [0.05, 0.1) is 22.2 Å². The molecule has 0 unspecified atom stereocenters. The van der Waals surface area contributed by atoms with Crippen molar-refractivity contribution < 1.29 is 24.0 Å². The Labute approximate surface area is 160 Å². The SMILES string of the molecule is O=C1NN(c2ccc(Br)cc2)C(=O)/C1=C/c1cc2c(cc1[N+](=O)[O-])OCO2. The molecule has 0 aliphatic carbocycles. The number of anilines is 1. The molecule has 9 nitrogen and oxygen atoms in total. The molecule has 2 heterocycles. The molecule has 1 saturated heterocycles. The summed E-state index contributed by atoms with van der Waals surface area (Å²) < 4.78 is 11.2. The van der Waals surface area contributed by atoms with E-state index in [0.717, 1.165) is 9.48 Å². The molecule has 2 aromatic carbocycles. The van der Waals surface area contributed by atoms with Crippen LogP contribution in [0.1, 0.15) is 5.56 Å². The molecule has 10 heteroatoms. The van der Waals surface area contributed by atoms with Gasteiger partial charge < -0.3 is 9.47 Å². The van der Waals surface area contributed by atoms with E-state index >= 15 is 0 Å². The van der Waals surface area contributed by atoms with Crippen LogP contribution in [0.15, 0.2) is 46.4 Å². The Morgan fingerprint density at radius 1 is 1.15 bits per heavy atom. The van der Waals surface area contributed by atoms with Gasteiger partial charge in [-0.05, 0) is 36.4 Å². The van der Waals surface area contributed by atoms with Gasteiger partial charge in [0, 0.05) is 4.47 Å². The van der Waals surface area contributed by atoms with Gasteiger partial charge >= 0.3 is 0 Å². The van der Waals surface area contributed by atoms with E-state index < -0.39 is 16.7 Å². The highest BCUT2D eigenvalue weighted by Gasteiger charge is 2.35. The Morgan fingerprint density at radius 3 is 2.48 bits per heavy atom. The normalized spacial score (nSPS) is 16.8. The van der Waals surface area contributed by atoms with Crippen molar-refractivity contribution in [3.8, 4) is 11.5 Å². The number of carbonyl (C=O) groups is 2. The van der Waals surface area contributed by atoms with Crippen molar-refractivity contribution in [1.82, 2.24) is 5.43 Å². The molecule has 2 aliphatic rings. The van der Waals surface area contributed by atoms with Crippen LogP contribution in [0.3, 0.4) is 0 Å². The minimum atomic E-state index is -0.658. The summed E-state index contributed by atoms with van der Waals surface area (Å²) in [6, 6.07) is 9.32. The lowest BCUT2D eigenvalue weighted by Crippen LogP contribution is -2.35. The average molecular weight is 432 g/mol. The van der Waals surface area contributed by atoms with Crippen molar-refractivity contribution in [2.45, 2.75) is 0 Å². The molecule has 0 bridgehead atoms. The number of carbonyl (C=O) groups excluding carboxylic acids is 2. The predicted molar refractivity (Wildman–Crippen MR) is 97.0 cm³/mol. The van der Waals surface area contributed by atoms with Gasteiger partial charge in [-0.15, -0.1) is 0 Å². The van der Waals surface area contributed by atoms with E-state index in [2.05, 4.69) is 21.4 Å². The molecule has 0 radical (unpaired) electrons. The summed E-state index contributed by atoms with van der Waals surface area (Å²) in [6.07, 6.45) is 1.18. The number of hydrazine groups is 1. The molecule has 2 amide bonds. The topological polar surface area (TPSA) is 111 Å². The first-order chi connectivity index (χ1) is 12.9. The molecule has 2 aromatic rings. The zero-order chi connectivity index (χ0) is 19.1. The Morgan fingerprint density at radius 2 is 1.81 bits per heavy atom. The Kier molecular flexibility index (Phi) is 4.04. The van der Waals surface area contributed by atoms with Gasteiger partial charge in [-0.2, -0.15) is 0 Å². The molecular formula is C17H10BrN3O6. The Hall–Kier alpha value is -3.40. The first-order valence-electron chi connectivity index (χ1n) is 7.65. The van der Waals surface area contributed by atoms with Crippen molar-refractivity contribution in [3.05, 3.63) is 62.1 Å². The molecule has 27 heavy (non-hydrogen) atoms. The summed E-state index contributed by atoms with van der Waals surface area (Å²) in [7, 11) is 0. The fraction of sp³-hybridized carbons (Fsp3) is 0.0588. The standard InChI is InChI=1S/C17H10BrN3O6/c18-10-1-3-11(4-2-10)20-17(23)12(16(22)19-20)5-9-6-14-15(27-8-26-14)7-13(9)21(24)25/h1-7H,8H2,(H,19,22)/b12-5+. The highest BCUT2D eigenvalue weighted by molar-refractivity contribution is 9.10. The van der Waals surface area contributed by atoms with E-state index in [1.165, 1.54) is 18.2 Å². The van der Waals surface area contributed by atoms with Gasteiger partial charge in [0.2, 0.25) is 6.79 Å². The number of nitro benzene ring substituents is 1. The van der Waals surface area contributed by atoms with Crippen molar-refractivity contribution in [1.29, 1.82) is 0 Å². The number of nitrogens with zero attached hydrogens (tertiary/aromatic N) is 2. The number of halogens is 1. The molecule has 0 aromatic heterocycles. The molecule has 1 N–H and O–H groups in total. The van der Waals surface area contributed by atoms with E-state index in [9.17, 15) is 19.7 Å². The van der Waals surface area contributed by atoms with E-state index in [0.29, 0.717) is 11.4 Å². The summed E-state index contributed by atoms with van der Waals surface area (Å²) in [5, 5.41) is 12.4. The minimum Gasteiger partial charge on any atom is -0.454 e. The zero-order valence-corrected chi connectivity index (χ0v) is 15.1. The summed E-state index contributed by atoms with van der Waals surface area (Å²) in [5.41, 5.74) is 2.46. The maximum atomic E-state index is 12.7. The number of amides is 2. The smallest absolute Gasteiger partial charge is 0.282 e. The van der Waals surface area contributed by atoms with Crippen LogP contribution in [0.25, 0.3) is 6.08 Å². The fourth-order valence-corrected chi connectivity index (χ4v) is 2.97. The third-order valence-corrected chi connectivity index (χ3v) is 4.52. The number of nitrogens with one attached hydrogen (secondary N) is 1. The van der Waals surface area contributed by atoms with Crippen LogP contribution >= 0.6 is 15.9 Å². The van der Waals surface area contributed by atoms with E-state index in [-0.39, 0.29) is 29.4 Å². The van der Waals surface area contributed by atoms with Crippen molar-refractivity contribution in [2.75, 3.05) is 11.8 Å². The number of ether oxygens (including phenoxy) is 2. The van der Waals surface area contributed by atoms with E-state index in [1.807, 2.05) is 0 Å². The largest absolute Gasteiger partial charge is 0.454 e. The Bertz CT molecular complexity index is 1020. The fourth-order valence-electron chi connectivity index (χ4n) is 2.71. The number of benzene rings is 2. The van der Waals surface area contributed by atoms with Gasteiger partial charge in [-0.1, -0.05) is 15.9 Å². The van der Waals surface area contributed by atoms with Crippen LogP contribution in [0.2, 0.25) is 0 Å². The van der Waals surface area contributed by atoms with Crippen LogP contribution in [0, 0.1) is 10.1 Å². The number of fused-ring (bicyclic) bond motifs is 1. The maximum absolute atomic E-state index is 12.7. The summed E-state index contributed by atoms with van der Waals surface area (Å²) in [6.45, 7) is -0.0523. The predicted octanol–water partition coefficient (Wildman–Crippen LogP) is 2.55. The maximum Gasteiger partial charge on any atom is 0.282 e. The van der Waals surface area contributed by atoms with Crippen LogP contribution in [-0.2, 0) is 9.59 Å². The third kappa shape index (κ3) is 2.99. The highest BCUT2D eigenvalue weighted by atomic mass is 79.9. The first-order valence-corrected chi connectivity index (χ1v) is 8.44. The molecular weight excluding hydrogens is 422 g/mol. The molecule has 0 spiro atoms. The Balaban J connectivity index is 1.74. The van der Waals surface area contributed by atoms with E-state index in [4.69, 9.17) is 9.47 Å². The van der Waals surface area contributed by atoms with Gasteiger partial charge in [0.15, 0.2) is 11.5 Å². The van der Waals surface area contributed by atoms with Gasteiger partial charge in [0.25, 0.3) is 17.5 Å². The van der Waals surface area contributed by atoms with E-state index in [1.54, 1.807) is 24.3 Å². The monoisotopic (exact) mass is 431 g/mol.